The van der Waals surface area contributed by atoms with Gasteiger partial charge in [0.2, 0.25) is 0 Å². The quantitative estimate of drug-likeness (QED) is 0.828. The lowest BCUT2D eigenvalue weighted by Gasteiger charge is -2.09. The minimum absolute atomic E-state index is 0.222. The summed E-state index contributed by atoms with van der Waals surface area (Å²) < 4.78 is 7.11. The number of nitrogens with one attached hydrogen (secondary N) is 1. The van der Waals surface area contributed by atoms with Crippen LogP contribution >= 0.6 is 0 Å². The third-order valence-electron chi connectivity index (χ3n) is 2.34. The lowest BCUT2D eigenvalue weighted by Crippen LogP contribution is -2.17. The van der Waals surface area contributed by atoms with Gasteiger partial charge < -0.3 is 9.73 Å². The van der Waals surface area contributed by atoms with Crippen LogP contribution in [0.25, 0.3) is 0 Å². The lowest BCUT2D eigenvalue weighted by atomic mass is 10.2. The minimum atomic E-state index is 0.222. The maximum Gasteiger partial charge on any atom is 0.120 e. The van der Waals surface area contributed by atoms with Gasteiger partial charge in [0.05, 0.1) is 18.5 Å². The number of nitrogens with zero attached hydrogens (tertiary/aromatic N) is 2. The highest BCUT2D eigenvalue weighted by atomic mass is 16.3. The lowest BCUT2D eigenvalue weighted by molar-refractivity contribution is 0.430. The minimum Gasteiger partial charge on any atom is -0.468 e. The highest BCUT2D eigenvalue weighted by Gasteiger charge is 2.07. The molecule has 0 aliphatic rings. The normalized spacial score (nSPS) is 12.9. The largest absolute Gasteiger partial charge is 0.468 e. The van der Waals surface area contributed by atoms with Crippen molar-refractivity contribution < 1.29 is 4.42 Å². The highest BCUT2D eigenvalue weighted by Crippen LogP contribution is 2.12. The van der Waals surface area contributed by atoms with Gasteiger partial charge in [-0.25, -0.2) is 0 Å². The van der Waals surface area contributed by atoms with Crippen LogP contribution in [-0.2, 0) is 13.6 Å². The number of aromatic nitrogens is 2. The summed E-state index contributed by atoms with van der Waals surface area (Å²) in [5, 5.41) is 7.48. The maximum absolute atomic E-state index is 5.31. The van der Waals surface area contributed by atoms with Gasteiger partial charge in [-0.05, 0) is 19.1 Å². The summed E-state index contributed by atoms with van der Waals surface area (Å²) in [5.74, 6) is 0.957. The Balaban J connectivity index is 1.88. The van der Waals surface area contributed by atoms with Crippen molar-refractivity contribution in [2.24, 2.45) is 7.05 Å². The second kappa shape index (κ2) is 4.31. The molecule has 4 heteroatoms. The van der Waals surface area contributed by atoms with Crippen LogP contribution in [0.5, 0.6) is 0 Å². The second-order valence-corrected chi connectivity index (χ2v) is 3.64. The molecule has 0 bridgehead atoms. The van der Waals surface area contributed by atoms with Crippen LogP contribution < -0.4 is 5.32 Å². The summed E-state index contributed by atoms with van der Waals surface area (Å²) in [7, 11) is 1.92. The Hall–Kier alpha value is -1.55. The molecule has 2 aromatic heterocycles. The van der Waals surface area contributed by atoms with E-state index >= 15 is 0 Å². The zero-order chi connectivity index (χ0) is 10.7. The van der Waals surface area contributed by atoms with Crippen LogP contribution in [-0.4, -0.2) is 9.78 Å². The monoisotopic (exact) mass is 205 g/mol. The van der Waals surface area contributed by atoms with Gasteiger partial charge in [0.15, 0.2) is 0 Å². The molecule has 1 N–H and O–H groups in total. The molecule has 0 saturated carbocycles. The summed E-state index contributed by atoms with van der Waals surface area (Å²) in [6, 6.07) is 4.10. The van der Waals surface area contributed by atoms with Crippen molar-refractivity contribution in [1.82, 2.24) is 15.1 Å². The first-order valence-electron chi connectivity index (χ1n) is 5.00. The van der Waals surface area contributed by atoms with Gasteiger partial charge in [0.1, 0.15) is 5.76 Å². The fourth-order valence-electron chi connectivity index (χ4n) is 1.47. The van der Waals surface area contributed by atoms with E-state index in [1.807, 2.05) is 31.6 Å². The van der Waals surface area contributed by atoms with Crippen molar-refractivity contribution in [3.63, 3.8) is 0 Å². The Bertz CT molecular complexity index is 405. The Labute approximate surface area is 88.9 Å². The van der Waals surface area contributed by atoms with Gasteiger partial charge in [0, 0.05) is 25.4 Å². The van der Waals surface area contributed by atoms with Crippen molar-refractivity contribution in [1.29, 1.82) is 0 Å². The summed E-state index contributed by atoms with van der Waals surface area (Å²) in [6.45, 7) is 2.88. The smallest absolute Gasteiger partial charge is 0.120 e. The van der Waals surface area contributed by atoms with Crippen molar-refractivity contribution in [2.75, 3.05) is 0 Å². The predicted octanol–water partition coefficient (Wildman–Crippen LogP) is 1.86. The fraction of sp³-hybridized carbons (Fsp3) is 0.364. The molecule has 0 aromatic carbocycles. The molecule has 2 aromatic rings. The molecule has 0 fully saturated rings. The molecule has 1 unspecified atom stereocenters. The third-order valence-corrected chi connectivity index (χ3v) is 2.34. The van der Waals surface area contributed by atoms with E-state index in [9.17, 15) is 0 Å². The molecule has 0 saturated heterocycles. The van der Waals surface area contributed by atoms with Crippen LogP contribution in [0.4, 0.5) is 0 Å². The Morgan fingerprint density at radius 3 is 3.07 bits per heavy atom. The van der Waals surface area contributed by atoms with E-state index < -0.39 is 0 Å². The van der Waals surface area contributed by atoms with Crippen LogP contribution in [0.1, 0.15) is 24.3 Å². The van der Waals surface area contributed by atoms with Crippen LogP contribution in [0.2, 0.25) is 0 Å². The summed E-state index contributed by atoms with van der Waals surface area (Å²) >= 11 is 0. The number of furan rings is 1. The van der Waals surface area contributed by atoms with Crippen LogP contribution in [0.3, 0.4) is 0 Å². The van der Waals surface area contributed by atoms with Crippen molar-refractivity contribution in [2.45, 2.75) is 19.5 Å². The summed E-state index contributed by atoms with van der Waals surface area (Å²) in [4.78, 5) is 0. The van der Waals surface area contributed by atoms with Gasteiger partial charge in [0.25, 0.3) is 0 Å². The van der Waals surface area contributed by atoms with Gasteiger partial charge in [-0.1, -0.05) is 0 Å². The third kappa shape index (κ3) is 2.47. The van der Waals surface area contributed by atoms with E-state index in [4.69, 9.17) is 4.42 Å². The average Bonchev–Trinajstić information content (AvgIpc) is 2.84. The topological polar surface area (TPSA) is 43.0 Å². The Kier molecular flexibility index (Phi) is 2.87. The molecule has 0 aliphatic carbocycles. The van der Waals surface area contributed by atoms with Crippen LogP contribution in [0.15, 0.2) is 35.2 Å². The first-order valence-corrected chi connectivity index (χ1v) is 5.00. The molecular formula is C11H15N3O. The van der Waals surface area contributed by atoms with E-state index in [0.717, 1.165) is 12.3 Å². The van der Waals surface area contributed by atoms with E-state index in [0.29, 0.717) is 0 Å². The molecule has 0 aliphatic heterocycles. The van der Waals surface area contributed by atoms with Gasteiger partial charge in [-0.2, -0.15) is 5.10 Å². The van der Waals surface area contributed by atoms with E-state index in [-0.39, 0.29) is 6.04 Å². The zero-order valence-electron chi connectivity index (χ0n) is 8.97. The van der Waals surface area contributed by atoms with E-state index in [2.05, 4.69) is 17.3 Å². The first-order chi connectivity index (χ1) is 7.25. The zero-order valence-corrected chi connectivity index (χ0v) is 8.97. The Morgan fingerprint density at radius 2 is 2.47 bits per heavy atom. The molecule has 2 rings (SSSR count). The van der Waals surface area contributed by atoms with E-state index in [1.165, 1.54) is 5.56 Å². The van der Waals surface area contributed by atoms with Gasteiger partial charge in [-0.15, -0.1) is 0 Å². The predicted molar refractivity (Wildman–Crippen MR) is 57.2 cm³/mol. The first kappa shape index (κ1) is 9.98. The molecular weight excluding hydrogens is 190 g/mol. The van der Waals surface area contributed by atoms with Crippen LogP contribution in [0, 0.1) is 0 Å². The van der Waals surface area contributed by atoms with Gasteiger partial charge in [-0.3, -0.25) is 4.68 Å². The highest BCUT2D eigenvalue weighted by molar-refractivity contribution is 5.06. The summed E-state index contributed by atoms with van der Waals surface area (Å²) in [5.41, 5.74) is 1.18. The number of aryl methyl sites for hydroxylation is 1. The Morgan fingerprint density at radius 1 is 1.60 bits per heavy atom. The van der Waals surface area contributed by atoms with Crippen molar-refractivity contribution in [3.8, 4) is 0 Å². The molecule has 1 atom stereocenters. The molecule has 0 amide bonds. The fourth-order valence-corrected chi connectivity index (χ4v) is 1.47. The molecule has 80 valence electrons. The SMILES string of the molecule is CC(NCc1cnn(C)c1)c1ccco1. The standard InChI is InChI=1S/C11H15N3O/c1-9(11-4-3-5-15-11)12-6-10-7-13-14(2)8-10/h3-5,7-9,12H,6H2,1-2H3. The van der Waals surface area contributed by atoms with Crippen molar-refractivity contribution >= 4 is 0 Å². The number of rotatable bonds is 4. The molecule has 4 nitrogen and oxygen atoms in total. The summed E-state index contributed by atoms with van der Waals surface area (Å²) in [6.07, 6.45) is 5.56. The van der Waals surface area contributed by atoms with Crippen molar-refractivity contribution in [3.05, 3.63) is 42.1 Å². The second-order valence-electron chi connectivity index (χ2n) is 3.64. The maximum atomic E-state index is 5.31. The molecule has 15 heavy (non-hydrogen) atoms. The molecule has 0 spiro atoms. The molecule has 0 radical (unpaired) electrons. The van der Waals surface area contributed by atoms with Gasteiger partial charge >= 0.3 is 0 Å². The van der Waals surface area contributed by atoms with E-state index in [1.54, 1.807) is 10.9 Å². The molecule has 2 heterocycles. The number of hydrogen-bond acceptors (Lipinski definition) is 3. The number of hydrogen-bond donors (Lipinski definition) is 1. The average molecular weight is 205 g/mol.